The number of hydrogen-bond donors (Lipinski definition) is 1. The lowest BCUT2D eigenvalue weighted by Crippen LogP contribution is -2.19. The van der Waals surface area contributed by atoms with Crippen molar-refractivity contribution in [3.05, 3.63) is 58.7 Å². The summed E-state index contributed by atoms with van der Waals surface area (Å²) >= 11 is 0. The maximum atomic E-state index is 10.6. The van der Waals surface area contributed by atoms with E-state index in [4.69, 9.17) is 6.48 Å². The van der Waals surface area contributed by atoms with E-state index in [9.17, 15) is 4.79 Å². The molecule has 0 heterocycles. The van der Waals surface area contributed by atoms with Crippen LogP contribution in [0.4, 0.5) is 0 Å². The summed E-state index contributed by atoms with van der Waals surface area (Å²) < 4.78 is 7.92. The molecule has 0 fully saturated rings. The molecule has 0 atom stereocenters. The number of carboxylic acids is 1. The molecule has 0 saturated heterocycles. The Bertz CT molecular complexity index is 614. The third-order valence-corrected chi connectivity index (χ3v) is 4.03. The summed E-state index contributed by atoms with van der Waals surface area (Å²) in [5.74, 6) is -0.992. The predicted octanol–water partition coefficient (Wildman–Crippen LogP) is 5.60. The highest BCUT2D eigenvalue weighted by molar-refractivity contribution is 5.81. The quantitative estimate of drug-likeness (QED) is 0.530. The van der Waals surface area contributed by atoms with Crippen LogP contribution in [0.15, 0.2) is 58.7 Å². The second-order valence-electron chi connectivity index (χ2n) is 6.69. The Kier molecular flexibility index (Phi) is 6.00. The number of allylic oxidation sites excluding steroid dienone is 9. The molecule has 0 saturated carbocycles. The van der Waals surface area contributed by atoms with Crippen LogP contribution in [0.25, 0.3) is 0 Å². The highest BCUT2D eigenvalue weighted by Gasteiger charge is 2.26. The van der Waals surface area contributed by atoms with Crippen molar-refractivity contribution in [1.82, 2.24) is 0 Å². The summed E-state index contributed by atoms with van der Waals surface area (Å²) in [6, 6.07) is 0.302. The van der Waals surface area contributed by atoms with Crippen molar-refractivity contribution in [3.8, 4) is 0 Å². The first-order valence-electron chi connectivity index (χ1n) is 8.28. The van der Waals surface area contributed by atoms with Crippen molar-refractivity contribution >= 4 is 5.97 Å². The van der Waals surface area contributed by atoms with E-state index in [1.54, 1.807) is 19.1 Å². The standard InChI is InChI=1S/C20H28O2/c1-15(8-6-9-16(2)14-19(21)22)11-12-18-17(3)10-7-13-20(18,4)5/h6,8-9,11-12,14H,7,10,13H2,1-5H3,(H,21,22)/i6T. The highest BCUT2D eigenvalue weighted by atomic mass is 16.4. The Hall–Kier alpha value is -1.83. The lowest BCUT2D eigenvalue weighted by atomic mass is 9.72. The number of hydrogen-bond acceptors (Lipinski definition) is 1. The van der Waals surface area contributed by atoms with Gasteiger partial charge in [-0.3, -0.25) is 0 Å². The molecule has 0 bridgehead atoms. The first kappa shape index (κ1) is 16.5. The van der Waals surface area contributed by atoms with Crippen LogP contribution >= 0.6 is 0 Å². The number of carboxylic acid groups (broad SMARTS) is 1. The van der Waals surface area contributed by atoms with Crippen molar-refractivity contribution in [1.29, 1.82) is 0 Å². The van der Waals surface area contributed by atoms with Crippen molar-refractivity contribution in [2.45, 2.75) is 53.9 Å². The van der Waals surface area contributed by atoms with Gasteiger partial charge in [0.05, 0.1) is 1.37 Å². The Morgan fingerprint density at radius 1 is 1.27 bits per heavy atom. The maximum Gasteiger partial charge on any atom is 0.328 e. The van der Waals surface area contributed by atoms with Crippen molar-refractivity contribution in [3.63, 3.8) is 0 Å². The zero-order valence-electron chi connectivity index (χ0n) is 15.4. The third kappa shape index (κ3) is 5.88. The van der Waals surface area contributed by atoms with Gasteiger partial charge < -0.3 is 5.11 Å². The summed E-state index contributed by atoms with van der Waals surface area (Å²) in [6.45, 7) is 10.4. The maximum absolute atomic E-state index is 10.6. The molecule has 0 aromatic heterocycles. The van der Waals surface area contributed by atoms with E-state index < -0.39 is 5.97 Å². The van der Waals surface area contributed by atoms with Crippen LogP contribution in [-0.4, -0.2) is 11.1 Å². The minimum absolute atomic E-state index is 0.208. The zero-order valence-corrected chi connectivity index (χ0v) is 14.4. The topological polar surface area (TPSA) is 37.3 Å². The monoisotopic (exact) mass is 302 g/mol. The first-order chi connectivity index (χ1) is 10.6. The van der Waals surface area contributed by atoms with Crippen LogP contribution in [0.5, 0.6) is 0 Å². The summed E-state index contributed by atoms with van der Waals surface area (Å²) in [4.78, 5) is 10.6. The van der Waals surface area contributed by atoms with Gasteiger partial charge in [-0.05, 0) is 56.6 Å². The Morgan fingerprint density at radius 2 is 1.95 bits per heavy atom. The van der Waals surface area contributed by atoms with E-state index >= 15 is 0 Å². The van der Waals surface area contributed by atoms with Crippen molar-refractivity contribution < 1.29 is 11.3 Å². The van der Waals surface area contributed by atoms with Crippen LogP contribution in [0.1, 0.15) is 55.3 Å². The number of carbonyl (C=O) groups is 1. The van der Waals surface area contributed by atoms with E-state index in [0.717, 1.165) is 18.1 Å². The molecule has 2 heteroatoms. The van der Waals surface area contributed by atoms with Crippen LogP contribution in [0.3, 0.4) is 0 Å². The average molecular weight is 302 g/mol. The Balaban J connectivity index is 2.92. The minimum atomic E-state index is -0.992. The molecule has 0 spiro atoms. The molecule has 0 aliphatic heterocycles. The predicted molar refractivity (Wildman–Crippen MR) is 93.8 cm³/mol. The van der Waals surface area contributed by atoms with Gasteiger partial charge >= 0.3 is 5.97 Å². The molecule has 1 aliphatic rings. The van der Waals surface area contributed by atoms with Gasteiger partial charge in [-0.1, -0.05) is 55.3 Å². The second kappa shape index (κ2) is 7.98. The normalized spacial score (nSPS) is 21.3. The molecule has 120 valence electrons. The smallest absolute Gasteiger partial charge is 0.328 e. The van der Waals surface area contributed by atoms with Gasteiger partial charge in [0.2, 0.25) is 0 Å². The number of rotatable bonds is 5. The fraction of sp³-hybridized carbons (Fsp3) is 0.450. The molecule has 1 rings (SSSR count). The first-order valence-corrected chi connectivity index (χ1v) is 7.78. The van der Waals surface area contributed by atoms with E-state index in [1.807, 2.05) is 13.0 Å². The molecular formula is C20H28O2. The van der Waals surface area contributed by atoms with Gasteiger partial charge in [0.15, 0.2) is 0 Å². The lowest BCUT2D eigenvalue weighted by Gasteiger charge is -2.32. The molecule has 2 nitrogen and oxygen atoms in total. The van der Waals surface area contributed by atoms with Gasteiger partial charge in [0.1, 0.15) is 0 Å². The molecule has 0 unspecified atom stereocenters. The zero-order chi connectivity index (χ0) is 17.6. The summed E-state index contributed by atoms with van der Waals surface area (Å²) in [7, 11) is 0. The average Bonchev–Trinajstić information content (AvgIpc) is 2.35. The van der Waals surface area contributed by atoms with Gasteiger partial charge in [0.25, 0.3) is 0 Å². The van der Waals surface area contributed by atoms with E-state index in [1.165, 1.54) is 24.0 Å². The molecule has 0 amide bonds. The van der Waals surface area contributed by atoms with Crippen LogP contribution in [0.2, 0.25) is 0 Å². The van der Waals surface area contributed by atoms with Gasteiger partial charge in [-0.2, -0.15) is 0 Å². The summed E-state index contributed by atoms with van der Waals surface area (Å²) in [5.41, 5.74) is 4.60. The van der Waals surface area contributed by atoms with Crippen molar-refractivity contribution in [2.75, 3.05) is 0 Å². The summed E-state index contributed by atoms with van der Waals surface area (Å²) in [5, 5.41) is 8.68. The molecular weight excluding hydrogens is 272 g/mol. The molecule has 0 radical (unpaired) electrons. The molecule has 1 aliphatic carbocycles. The SMILES string of the molecule is [3H]C(=CC(C)=CC(=O)O)C=C(C)C=CC1=C(C)CCCC1(C)C. The lowest BCUT2D eigenvalue weighted by molar-refractivity contribution is -0.131. The van der Waals surface area contributed by atoms with E-state index in [-0.39, 0.29) is 5.41 Å². The van der Waals surface area contributed by atoms with E-state index in [2.05, 4.69) is 26.8 Å². The van der Waals surface area contributed by atoms with Gasteiger partial charge in [0, 0.05) is 6.08 Å². The fourth-order valence-corrected chi connectivity index (χ4v) is 2.81. The third-order valence-electron chi connectivity index (χ3n) is 4.03. The minimum Gasteiger partial charge on any atom is -0.478 e. The number of aliphatic carboxylic acids is 1. The van der Waals surface area contributed by atoms with Crippen molar-refractivity contribution in [2.24, 2.45) is 5.41 Å². The van der Waals surface area contributed by atoms with Crippen LogP contribution in [0, 0.1) is 5.41 Å². The van der Waals surface area contributed by atoms with Crippen LogP contribution in [-0.2, 0) is 4.79 Å². The highest BCUT2D eigenvalue weighted by Crippen LogP contribution is 2.40. The molecule has 1 N–H and O–H groups in total. The molecule has 0 aromatic rings. The van der Waals surface area contributed by atoms with E-state index in [0.29, 0.717) is 11.6 Å². The Labute approximate surface area is 136 Å². The van der Waals surface area contributed by atoms with Gasteiger partial charge in [-0.15, -0.1) is 0 Å². The molecule has 22 heavy (non-hydrogen) atoms. The fourth-order valence-electron chi connectivity index (χ4n) is 2.81. The Morgan fingerprint density at radius 3 is 2.55 bits per heavy atom. The van der Waals surface area contributed by atoms with Crippen LogP contribution < -0.4 is 0 Å². The molecule has 0 aromatic carbocycles. The van der Waals surface area contributed by atoms with Gasteiger partial charge in [-0.25, -0.2) is 4.79 Å². The summed E-state index contributed by atoms with van der Waals surface area (Å²) in [6.07, 6.45) is 12.2. The largest absolute Gasteiger partial charge is 0.478 e. The second-order valence-corrected chi connectivity index (χ2v) is 6.69.